The zero-order valence-corrected chi connectivity index (χ0v) is 16.4. The Morgan fingerprint density at radius 3 is 2.41 bits per heavy atom. The van der Waals surface area contributed by atoms with E-state index in [1.807, 2.05) is 30.3 Å². The summed E-state index contributed by atoms with van der Waals surface area (Å²) < 4.78 is 5.27. The number of hydrogen-bond donors (Lipinski definition) is 2. The summed E-state index contributed by atoms with van der Waals surface area (Å²) in [5.41, 5.74) is 2.36. The highest BCUT2D eigenvalue weighted by molar-refractivity contribution is 5.77. The van der Waals surface area contributed by atoms with Crippen molar-refractivity contribution in [2.24, 2.45) is 5.92 Å². The van der Waals surface area contributed by atoms with Crippen molar-refractivity contribution in [3.63, 3.8) is 0 Å². The van der Waals surface area contributed by atoms with Crippen molar-refractivity contribution in [2.75, 3.05) is 13.7 Å². The molecule has 2 aromatic rings. The molecule has 0 radical (unpaired) electrons. The normalized spacial score (nSPS) is 20.7. The summed E-state index contributed by atoms with van der Waals surface area (Å²) in [5, 5.41) is 5.38. The van der Waals surface area contributed by atoms with Crippen LogP contribution < -0.4 is 15.4 Å². The van der Waals surface area contributed by atoms with Crippen LogP contribution in [-0.2, 0) is 4.79 Å². The fourth-order valence-corrected chi connectivity index (χ4v) is 3.96. The zero-order valence-electron chi connectivity index (χ0n) is 16.4. The Morgan fingerprint density at radius 2 is 1.74 bits per heavy atom. The lowest BCUT2D eigenvalue weighted by Crippen LogP contribution is -2.88. The summed E-state index contributed by atoms with van der Waals surface area (Å²) in [7, 11) is 1.67. The number of rotatable bonds is 7. The van der Waals surface area contributed by atoms with E-state index in [0.29, 0.717) is 18.5 Å². The third-order valence-electron chi connectivity index (χ3n) is 5.63. The number of quaternary nitrogens is 1. The molecule has 1 amide bonds. The van der Waals surface area contributed by atoms with Crippen LogP contribution in [0.25, 0.3) is 0 Å². The molecule has 1 fully saturated rings. The lowest BCUT2D eigenvalue weighted by Gasteiger charge is -2.29. The second-order valence-corrected chi connectivity index (χ2v) is 7.54. The van der Waals surface area contributed by atoms with Crippen LogP contribution in [0.5, 0.6) is 5.75 Å². The smallest absolute Gasteiger partial charge is 0.275 e. The van der Waals surface area contributed by atoms with Gasteiger partial charge in [0.1, 0.15) is 11.8 Å². The summed E-state index contributed by atoms with van der Waals surface area (Å²) in [6.07, 6.45) is 4.82. The van der Waals surface area contributed by atoms with E-state index in [4.69, 9.17) is 4.74 Å². The fraction of sp³-hybridized carbons (Fsp3) is 0.435. The van der Waals surface area contributed by atoms with Gasteiger partial charge >= 0.3 is 0 Å². The van der Waals surface area contributed by atoms with Crippen molar-refractivity contribution >= 4 is 5.91 Å². The molecule has 0 aromatic heterocycles. The van der Waals surface area contributed by atoms with Gasteiger partial charge < -0.3 is 15.4 Å². The van der Waals surface area contributed by atoms with Crippen molar-refractivity contribution in [2.45, 2.75) is 44.7 Å². The minimum atomic E-state index is 0.0895. The van der Waals surface area contributed by atoms with Gasteiger partial charge in [-0.2, -0.15) is 0 Å². The highest BCUT2D eigenvalue weighted by atomic mass is 16.5. The number of carbonyl (C=O) groups excluding carboxylic acids is 1. The zero-order chi connectivity index (χ0) is 19.1. The highest BCUT2D eigenvalue weighted by Crippen LogP contribution is 2.24. The van der Waals surface area contributed by atoms with E-state index in [1.54, 1.807) is 7.11 Å². The molecule has 0 saturated heterocycles. The molecule has 0 aliphatic heterocycles. The minimum absolute atomic E-state index is 0.0895. The molecular weight excluding hydrogens is 336 g/mol. The summed E-state index contributed by atoms with van der Waals surface area (Å²) in [5.74, 6) is 1.55. The van der Waals surface area contributed by atoms with Gasteiger partial charge in [0.15, 0.2) is 6.54 Å². The third-order valence-corrected chi connectivity index (χ3v) is 5.63. The van der Waals surface area contributed by atoms with Gasteiger partial charge in [-0.25, -0.2) is 0 Å². The average Bonchev–Trinajstić information content (AvgIpc) is 2.71. The van der Waals surface area contributed by atoms with E-state index >= 15 is 0 Å². The number of nitrogens with one attached hydrogen (secondary N) is 1. The van der Waals surface area contributed by atoms with E-state index in [0.717, 1.165) is 12.2 Å². The first kappa shape index (κ1) is 19.4. The second kappa shape index (κ2) is 9.56. The van der Waals surface area contributed by atoms with Crippen LogP contribution >= 0.6 is 0 Å². The van der Waals surface area contributed by atoms with Gasteiger partial charge in [0.05, 0.1) is 7.11 Å². The Kier molecular flexibility index (Phi) is 6.88. The first-order valence-electron chi connectivity index (χ1n) is 9.99. The number of carbonyl (C=O) groups is 1. The van der Waals surface area contributed by atoms with Crippen LogP contribution in [-0.4, -0.2) is 25.6 Å². The average molecular weight is 368 g/mol. The predicted octanol–water partition coefficient (Wildman–Crippen LogP) is 3.04. The Morgan fingerprint density at radius 1 is 1.07 bits per heavy atom. The maximum Gasteiger partial charge on any atom is 0.275 e. The Balaban J connectivity index is 1.67. The molecule has 2 aromatic carbocycles. The van der Waals surface area contributed by atoms with Crippen LogP contribution in [0, 0.1) is 5.92 Å². The van der Waals surface area contributed by atoms with E-state index in [-0.39, 0.29) is 11.9 Å². The Bertz CT molecular complexity index is 715. The highest BCUT2D eigenvalue weighted by Gasteiger charge is 2.24. The molecule has 1 saturated carbocycles. The molecule has 1 aliphatic rings. The van der Waals surface area contributed by atoms with Crippen LogP contribution in [0.4, 0.5) is 0 Å². The summed E-state index contributed by atoms with van der Waals surface area (Å²) in [4.78, 5) is 12.6. The van der Waals surface area contributed by atoms with E-state index < -0.39 is 0 Å². The van der Waals surface area contributed by atoms with Gasteiger partial charge in [-0.3, -0.25) is 4.79 Å². The van der Waals surface area contributed by atoms with E-state index in [9.17, 15) is 4.79 Å². The maximum absolute atomic E-state index is 12.6. The molecule has 4 heteroatoms. The topological polar surface area (TPSA) is 54.9 Å². The summed E-state index contributed by atoms with van der Waals surface area (Å²) in [6, 6.07) is 18.9. The van der Waals surface area contributed by atoms with Crippen molar-refractivity contribution in [1.29, 1.82) is 0 Å². The number of hydrogen-bond acceptors (Lipinski definition) is 2. The minimum Gasteiger partial charge on any atom is -0.497 e. The second-order valence-electron chi connectivity index (χ2n) is 7.54. The van der Waals surface area contributed by atoms with Crippen molar-refractivity contribution in [1.82, 2.24) is 5.32 Å². The number of nitrogens with two attached hydrogens (primary N) is 1. The van der Waals surface area contributed by atoms with Gasteiger partial charge in [0, 0.05) is 17.2 Å². The molecule has 0 heterocycles. The number of ether oxygens (including phenoxy) is 1. The lowest BCUT2D eigenvalue weighted by molar-refractivity contribution is -0.676. The number of amides is 1. The molecule has 144 valence electrons. The standard InChI is InChI=1S/C23H30N2O2/c1-17-8-6-7-11-21(17)25-22(26)16-24-23(18-9-4-3-5-10-18)19-12-14-20(27-2)15-13-19/h3-5,9-10,12-15,17,21,23-24H,6-8,11,16H2,1-2H3,(H,25,26)/p+1/t17-,21+,23-/m0/s1. The Hall–Kier alpha value is -2.33. The number of benzene rings is 2. The maximum atomic E-state index is 12.6. The molecule has 3 N–H and O–H groups in total. The van der Waals surface area contributed by atoms with Crippen LogP contribution in [0.2, 0.25) is 0 Å². The lowest BCUT2D eigenvalue weighted by atomic mass is 9.86. The Labute approximate surface area is 162 Å². The van der Waals surface area contributed by atoms with Crippen molar-refractivity contribution in [3.05, 3.63) is 65.7 Å². The largest absolute Gasteiger partial charge is 0.497 e. The number of methoxy groups -OCH3 is 1. The first-order valence-corrected chi connectivity index (χ1v) is 9.99. The van der Waals surface area contributed by atoms with Crippen LogP contribution in [0.1, 0.15) is 49.8 Å². The van der Waals surface area contributed by atoms with Crippen LogP contribution in [0.15, 0.2) is 54.6 Å². The summed E-state index contributed by atoms with van der Waals surface area (Å²) in [6.45, 7) is 2.67. The SMILES string of the molecule is COc1ccc([C@@H]([NH2+]CC(=O)N[C@@H]2CCCC[C@@H]2C)c2ccccc2)cc1. The van der Waals surface area contributed by atoms with E-state index in [1.165, 1.54) is 30.4 Å². The molecule has 0 spiro atoms. The molecule has 3 rings (SSSR count). The quantitative estimate of drug-likeness (QED) is 0.790. The molecule has 27 heavy (non-hydrogen) atoms. The molecule has 1 aliphatic carbocycles. The van der Waals surface area contributed by atoms with E-state index in [2.05, 4.69) is 41.8 Å². The molecule has 3 atom stereocenters. The molecular formula is C23H31N2O2+. The first-order chi connectivity index (χ1) is 13.2. The monoisotopic (exact) mass is 367 g/mol. The van der Waals surface area contributed by atoms with Crippen molar-refractivity contribution in [3.8, 4) is 5.75 Å². The molecule has 0 bridgehead atoms. The van der Waals surface area contributed by atoms with Crippen molar-refractivity contribution < 1.29 is 14.8 Å². The van der Waals surface area contributed by atoms with Gasteiger partial charge in [0.2, 0.25) is 0 Å². The van der Waals surface area contributed by atoms with Gasteiger partial charge in [0.25, 0.3) is 5.91 Å². The summed E-state index contributed by atoms with van der Waals surface area (Å²) >= 11 is 0. The third kappa shape index (κ3) is 5.33. The molecule has 4 nitrogen and oxygen atoms in total. The fourth-order valence-electron chi connectivity index (χ4n) is 3.96. The predicted molar refractivity (Wildman–Crippen MR) is 108 cm³/mol. The van der Waals surface area contributed by atoms with Gasteiger partial charge in [-0.15, -0.1) is 0 Å². The van der Waals surface area contributed by atoms with Gasteiger partial charge in [-0.1, -0.05) is 50.1 Å². The van der Waals surface area contributed by atoms with Gasteiger partial charge in [-0.05, 0) is 43.0 Å². The molecule has 0 unspecified atom stereocenters. The van der Waals surface area contributed by atoms with Crippen LogP contribution in [0.3, 0.4) is 0 Å².